The van der Waals surface area contributed by atoms with Crippen molar-refractivity contribution in [2.45, 2.75) is 25.3 Å². The summed E-state index contributed by atoms with van der Waals surface area (Å²) in [5.41, 5.74) is 5.38. The van der Waals surface area contributed by atoms with Crippen LogP contribution in [0.3, 0.4) is 0 Å². The van der Waals surface area contributed by atoms with Gasteiger partial charge in [-0.15, -0.1) is 0 Å². The summed E-state index contributed by atoms with van der Waals surface area (Å²) < 4.78 is 5.42. The van der Waals surface area contributed by atoms with E-state index in [9.17, 15) is 9.90 Å². The zero-order valence-electron chi connectivity index (χ0n) is 23.0. The van der Waals surface area contributed by atoms with Gasteiger partial charge in [0.05, 0.1) is 29.7 Å². The predicted molar refractivity (Wildman–Crippen MR) is 160 cm³/mol. The number of hydrogen-bond acceptors (Lipinski definition) is 6. The number of benzene rings is 3. The first kappa shape index (κ1) is 26.5. The predicted octanol–water partition coefficient (Wildman–Crippen LogP) is 5.96. The number of amides is 1. The Kier molecular flexibility index (Phi) is 7.65. The molecule has 5 aromatic rings. The molecule has 8 nitrogen and oxygen atoms in total. The average Bonchev–Trinajstić information content (AvgIpc) is 3.46. The second-order valence-corrected chi connectivity index (χ2v) is 10.3. The molecule has 1 atom stereocenters. The molecule has 0 saturated carbocycles. The number of pyridine rings is 1. The second kappa shape index (κ2) is 11.8. The summed E-state index contributed by atoms with van der Waals surface area (Å²) in [5, 5.41) is 13.8. The minimum absolute atomic E-state index is 0.0956. The van der Waals surface area contributed by atoms with Gasteiger partial charge >= 0.3 is 0 Å². The fraction of sp³-hybridized carbons (Fsp3) is 0.242. The van der Waals surface area contributed by atoms with Crippen LogP contribution in [0.5, 0.6) is 11.6 Å². The number of methoxy groups -OCH3 is 1. The maximum absolute atomic E-state index is 13.3. The second-order valence-electron chi connectivity index (χ2n) is 10.3. The highest BCUT2D eigenvalue weighted by atomic mass is 16.5. The van der Waals surface area contributed by atoms with E-state index < -0.39 is 0 Å². The number of carbonyl (C=O) groups excluding carboxylic acids is 1. The van der Waals surface area contributed by atoms with E-state index in [2.05, 4.69) is 44.5 Å². The molecule has 2 aromatic heterocycles. The number of nitrogens with zero attached hydrogens (tertiary/aromatic N) is 3. The maximum atomic E-state index is 13.3. The van der Waals surface area contributed by atoms with Crippen LogP contribution in [0.25, 0.3) is 33.5 Å². The Hall–Kier alpha value is -4.69. The van der Waals surface area contributed by atoms with Crippen molar-refractivity contribution in [3.8, 4) is 34.1 Å². The molecule has 1 fully saturated rings. The van der Waals surface area contributed by atoms with Crippen LogP contribution in [0.1, 0.15) is 41.2 Å². The molecule has 1 aliphatic heterocycles. The summed E-state index contributed by atoms with van der Waals surface area (Å²) in [4.78, 5) is 28.0. The standard InChI is InChI=1S/C33H33N5O3/c1-41-33-25(11-8-16-34-33)23-13-15-30(39)26(19-23)31-36-27-14-12-24(20-28(27)37-31)32(40)35-21-29(22-9-4-2-5-10-22)38-17-6-3-7-18-38/h2,4-5,8-16,19-20,29,39H,3,6-7,17-18,21H2,1H3,(H,35,40)(H,36,37). The van der Waals surface area contributed by atoms with E-state index >= 15 is 0 Å². The zero-order chi connectivity index (χ0) is 28.2. The van der Waals surface area contributed by atoms with Crippen molar-refractivity contribution in [2.24, 2.45) is 0 Å². The van der Waals surface area contributed by atoms with Crippen LogP contribution in [0.2, 0.25) is 0 Å². The van der Waals surface area contributed by atoms with E-state index in [4.69, 9.17) is 9.72 Å². The number of nitrogens with one attached hydrogen (secondary N) is 2. The molecule has 1 amide bonds. The summed E-state index contributed by atoms with van der Waals surface area (Å²) in [5.74, 6) is 0.973. The first-order valence-corrected chi connectivity index (χ1v) is 14.0. The zero-order valence-corrected chi connectivity index (χ0v) is 23.0. The molecule has 6 rings (SSSR count). The minimum Gasteiger partial charge on any atom is -0.507 e. The van der Waals surface area contributed by atoms with Gasteiger partial charge in [0.15, 0.2) is 0 Å². The van der Waals surface area contributed by atoms with Crippen LogP contribution >= 0.6 is 0 Å². The average molecular weight is 548 g/mol. The number of aromatic hydroxyl groups is 1. The van der Waals surface area contributed by atoms with Gasteiger partial charge < -0.3 is 20.1 Å². The fourth-order valence-corrected chi connectivity index (χ4v) is 5.60. The number of phenols is 1. The molecule has 3 aromatic carbocycles. The van der Waals surface area contributed by atoms with Crippen LogP contribution in [0, 0.1) is 0 Å². The number of likely N-dealkylation sites (tertiary alicyclic amines) is 1. The van der Waals surface area contributed by atoms with E-state index in [1.54, 1.807) is 25.4 Å². The molecule has 1 unspecified atom stereocenters. The number of aromatic nitrogens is 3. The van der Waals surface area contributed by atoms with Gasteiger partial charge in [-0.3, -0.25) is 9.69 Å². The Morgan fingerprint density at radius 2 is 1.83 bits per heavy atom. The molecule has 3 heterocycles. The Morgan fingerprint density at radius 3 is 2.63 bits per heavy atom. The van der Waals surface area contributed by atoms with Gasteiger partial charge in [0.25, 0.3) is 5.91 Å². The summed E-state index contributed by atoms with van der Waals surface area (Å²) in [7, 11) is 1.58. The Balaban J connectivity index is 1.23. The van der Waals surface area contributed by atoms with E-state index in [1.807, 2.05) is 42.5 Å². The molecular weight excluding hydrogens is 514 g/mol. The lowest BCUT2D eigenvalue weighted by Crippen LogP contribution is -2.40. The SMILES string of the molecule is COc1ncccc1-c1ccc(O)c(-c2nc3ccc(C(=O)NCC(c4ccccc4)N4CCCCC4)cc3[nH]2)c1. The van der Waals surface area contributed by atoms with Crippen molar-refractivity contribution in [1.29, 1.82) is 0 Å². The highest BCUT2D eigenvalue weighted by Gasteiger charge is 2.23. The van der Waals surface area contributed by atoms with Gasteiger partial charge in [-0.05, 0) is 79.5 Å². The number of aromatic amines is 1. The summed E-state index contributed by atoms with van der Waals surface area (Å²) in [6.07, 6.45) is 5.30. The lowest BCUT2D eigenvalue weighted by molar-refractivity contribution is 0.0924. The first-order chi connectivity index (χ1) is 20.1. The molecule has 0 aliphatic carbocycles. The van der Waals surface area contributed by atoms with E-state index in [0.717, 1.165) is 24.2 Å². The minimum atomic E-state index is -0.130. The number of H-pyrrole nitrogens is 1. The van der Waals surface area contributed by atoms with Gasteiger partial charge in [0.2, 0.25) is 5.88 Å². The van der Waals surface area contributed by atoms with Gasteiger partial charge in [-0.25, -0.2) is 9.97 Å². The summed E-state index contributed by atoms with van der Waals surface area (Å²) >= 11 is 0. The molecule has 3 N–H and O–H groups in total. The third-order valence-corrected chi connectivity index (χ3v) is 7.74. The number of phenolic OH excluding ortho intramolecular Hbond substituents is 1. The van der Waals surface area contributed by atoms with Gasteiger partial charge in [-0.1, -0.05) is 42.8 Å². The van der Waals surface area contributed by atoms with Crippen LogP contribution < -0.4 is 10.1 Å². The van der Waals surface area contributed by atoms with E-state index in [0.29, 0.717) is 40.4 Å². The summed E-state index contributed by atoms with van der Waals surface area (Å²) in [6.45, 7) is 2.62. The van der Waals surface area contributed by atoms with E-state index in [1.165, 1.54) is 24.8 Å². The number of imidazole rings is 1. The third-order valence-electron chi connectivity index (χ3n) is 7.74. The number of fused-ring (bicyclic) bond motifs is 1. The maximum Gasteiger partial charge on any atom is 0.251 e. The van der Waals surface area contributed by atoms with Crippen LogP contribution in [-0.4, -0.2) is 57.6 Å². The van der Waals surface area contributed by atoms with Gasteiger partial charge in [0, 0.05) is 23.9 Å². The molecule has 41 heavy (non-hydrogen) atoms. The molecule has 8 heteroatoms. The highest BCUT2D eigenvalue weighted by Crippen LogP contribution is 2.36. The van der Waals surface area contributed by atoms with Crippen molar-refractivity contribution in [1.82, 2.24) is 25.2 Å². The quantitative estimate of drug-likeness (QED) is 0.221. The van der Waals surface area contributed by atoms with Crippen LogP contribution in [-0.2, 0) is 0 Å². The topological polar surface area (TPSA) is 103 Å². The molecule has 0 radical (unpaired) electrons. The van der Waals surface area contributed by atoms with Crippen LogP contribution in [0.4, 0.5) is 0 Å². The number of rotatable bonds is 8. The highest BCUT2D eigenvalue weighted by molar-refractivity contribution is 5.97. The number of carbonyl (C=O) groups is 1. The Morgan fingerprint density at radius 1 is 1.00 bits per heavy atom. The molecule has 1 aliphatic rings. The van der Waals surface area contributed by atoms with Gasteiger partial charge in [0.1, 0.15) is 11.6 Å². The van der Waals surface area contributed by atoms with Crippen molar-refractivity contribution in [3.05, 3.63) is 96.2 Å². The normalized spacial score (nSPS) is 14.6. The smallest absolute Gasteiger partial charge is 0.251 e. The Labute approximate surface area is 239 Å². The molecule has 208 valence electrons. The molecule has 1 saturated heterocycles. The monoisotopic (exact) mass is 547 g/mol. The number of piperidine rings is 1. The van der Waals surface area contributed by atoms with Crippen molar-refractivity contribution >= 4 is 16.9 Å². The summed E-state index contributed by atoms with van der Waals surface area (Å²) in [6, 6.07) is 25.0. The molecule has 0 spiro atoms. The largest absolute Gasteiger partial charge is 0.507 e. The lowest BCUT2D eigenvalue weighted by Gasteiger charge is -2.35. The third kappa shape index (κ3) is 5.64. The van der Waals surface area contributed by atoms with Crippen LogP contribution in [0.15, 0.2) is 85.1 Å². The van der Waals surface area contributed by atoms with Crippen molar-refractivity contribution in [2.75, 3.05) is 26.7 Å². The van der Waals surface area contributed by atoms with E-state index in [-0.39, 0.29) is 17.7 Å². The first-order valence-electron chi connectivity index (χ1n) is 14.0. The molecule has 0 bridgehead atoms. The fourth-order valence-electron chi connectivity index (χ4n) is 5.60. The number of ether oxygens (including phenoxy) is 1. The molecular formula is C33H33N5O3. The lowest BCUT2D eigenvalue weighted by atomic mass is 10.0. The Bertz CT molecular complexity index is 1660. The van der Waals surface area contributed by atoms with Gasteiger partial charge in [-0.2, -0.15) is 0 Å². The van der Waals surface area contributed by atoms with Crippen molar-refractivity contribution in [3.63, 3.8) is 0 Å². The van der Waals surface area contributed by atoms with Crippen molar-refractivity contribution < 1.29 is 14.6 Å². The number of hydrogen-bond donors (Lipinski definition) is 3.